The van der Waals surface area contributed by atoms with Gasteiger partial charge in [-0.15, -0.1) is 0 Å². The number of hydrogen-bond donors (Lipinski definition) is 1. The van der Waals surface area contributed by atoms with Crippen LogP contribution in [0, 0.1) is 0 Å². The fraction of sp³-hybridized carbons (Fsp3) is 0. The van der Waals surface area contributed by atoms with Gasteiger partial charge in [0.05, 0.1) is 33.8 Å². The number of hydrogen-bond acceptors (Lipinski definition) is 3. The molecule has 1 N–H and O–H groups in total. The summed E-state index contributed by atoms with van der Waals surface area (Å²) in [4.78, 5) is 17.3. The van der Waals surface area contributed by atoms with Crippen molar-refractivity contribution in [3.8, 4) is 0 Å². The van der Waals surface area contributed by atoms with Gasteiger partial charge >= 0.3 is 0 Å². The van der Waals surface area contributed by atoms with E-state index in [9.17, 15) is 0 Å². The molecule has 0 aliphatic rings. The Morgan fingerprint density at radius 1 is 0.714 bits per heavy atom. The van der Waals surface area contributed by atoms with Crippen molar-refractivity contribution in [3.63, 3.8) is 0 Å². The van der Waals surface area contributed by atoms with E-state index in [-0.39, 0.29) is 0 Å². The Morgan fingerprint density at radius 2 is 1.54 bits per heavy atom. The summed E-state index contributed by atoms with van der Waals surface area (Å²) in [5.74, 6) is 0. The minimum Gasteiger partial charge on any atom is -0.338 e. The molecular weight excluding hydrogens is 346 g/mol. The topological polar surface area (TPSA) is 58.9 Å². The van der Waals surface area contributed by atoms with Crippen molar-refractivity contribution in [3.05, 3.63) is 73.3 Å². The molecule has 0 unspecified atom stereocenters. The van der Waals surface area contributed by atoms with Gasteiger partial charge in [0.15, 0.2) is 0 Å². The predicted octanol–water partition coefficient (Wildman–Crippen LogP) is 5.22. The number of rotatable bonds is 0. The normalized spacial score (nSPS) is 12.3. The van der Waals surface area contributed by atoms with Crippen molar-refractivity contribution in [1.29, 1.82) is 0 Å². The third kappa shape index (κ3) is 1.60. The van der Waals surface area contributed by atoms with Gasteiger partial charge in [0.25, 0.3) is 0 Å². The highest BCUT2D eigenvalue weighted by Crippen LogP contribution is 2.38. The third-order valence-corrected chi connectivity index (χ3v) is 5.68. The van der Waals surface area contributed by atoms with E-state index in [1.54, 1.807) is 0 Å². The summed E-state index contributed by atoms with van der Waals surface area (Å²) >= 11 is 0. The number of fused-ring (bicyclic) bond motifs is 12. The molecule has 130 valence electrons. The number of aromatic nitrogens is 5. The van der Waals surface area contributed by atoms with Gasteiger partial charge in [-0.25, -0.2) is 4.98 Å². The monoisotopic (exact) mass is 359 g/mol. The zero-order valence-corrected chi connectivity index (χ0v) is 14.7. The van der Waals surface area contributed by atoms with Gasteiger partial charge in [0.2, 0.25) is 0 Å². The zero-order chi connectivity index (χ0) is 18.2. The highest BCUT2D eigenvalue weighted by atomic mass is 15.0. The Kier molecular flexibility index (Phi) is 2.44. The standard InChI is InChI=1S/C23H13N5/c1-2-4-17-13(3-1)14-5-6-15-21(22(14)26-17)16-11-24-9-7-19(16)28-20-8-10-25-12-18(20)27-23(15)28/h1-12,27H. The minimum absolute atomic E-state index is 1.01. The van der Waals surface area contributed by atoms with E-state index in [1.807, 2.05) is 36.9 Å². The van der Waals surface area contributed by atoms with Crippen LogP contribution in [-0.2, 0) is 0 Å². The van der Waals surface area contributed by atoms with Gasteiger partial charge in [0, 0.05) is 45.5 Å². The maximum absolute atomic E-state index is 4.99. The molecule has 5 nitrogen and oxygen atoms in total. The lowest BCUT2D eigenvalue weighted by molar-refractivity contribution is 1.28. The maximum Gasteiger partial charge on any atom is 0.123 e. The van der Waals surface area contributed by atoms with Crippen molar-refractivity contribution >= 4 is 60.2 Å². The fourth-order valence-corrected chi connectivity index (χ4v) is 4.51. The zero-order valence-electron chi connectivity index (χ0n) is 14.7. The van der Waals surface area contributed by atoms with E-state index in [0.717, 1.165) is 49.4 Å². The average Bonchev–Trinajstić information content (AvgIpc) is 3.32. The molecule has 5 heteroatoms. The molecule has 7 rings (SSSR count). The molecule has 0 fully saturated rings. The maximum atomic E-state index is 4.99. The van der Waals surface area contributed by atoms with E-state index < -0.39 is 0 Å². The molecular formula is C23H13N5. The third-order valence-electron chi connectivity index (χ3n) is 5.68. The molecule has 0 aliphatic heterocycles. The van der Waals surface area contributed by atoms with Gasteiger partial charge in [-0.2, -0.15) is 0 Å². The molecule has 0 aliphatic carbocycles. The van der Waals surface area contributed by atoms with E-state index >= 15 is 0 Å². The number of imidazole rings is 1. The summed E-state index contributed by atoms with van der Waals surface area (Å²) in [7, 11) is 0. The summed E-state index contributed by atoms with van der Waals surface area (Å²) < 4.78 is 2.25. The van der Waals surface area contributed by atoms with Crippen LogP contribution in [0.3, 0.4) is 0 Å². The van der Waals surface area contributed by atoms with Crippen LogP contribution in [0.25, 0.3) is 60.2 Å². The van der Waals surface area contributed by atoms with Gasteiger partial charge in [0.1, 0.15) is 5.65 Å². The average molecular weight is 359 g/mol. The van der Waals surface area contributed by atoms with Crippen LogP contribution < -0.4 is 0 Å². The summed E-state index contributed by atoms with van der Waals surface area (Å²) in [6, 6.07) is 16.8. The van der Waals surface area contributed by atoms with Crippen LogP contribution in [0.4, 0.5) is 0 Å². The lowest BCUT2D eigenvalue weighted by Gasteiger charge is -2.09. The van der Waals surface area contributed by atoms with E-state index in [2.05, 4.69) is 55.8 Å². The highest BCUT2D eigenvalue weighted by molar-refractivity contribution is 6.26. The lowest BCUT2D eigenvalue weighted by Crippen LogP contribution is -1.92. The number of pyridine rings is 3. The second-order valence-electron chi connectivity index (χ2n) is 7.11. The van der Waals surface area contributed by atoms with Gasteiger partial charge in [-0.3, -0.25) is 14.4 Å². The van der Waals surface area contributed by atoms with Gasteiger partial charge < -0.3 is 4.98 Å². The predicted molar refractivity (Wildman–Crippen MR) is 113 cm³/mol. The number of benzene rings is 2. The van der Waals surface area contributed by atoms with Crippen LogP contribution in [0.5, 0.6) is 0 Å². The largest absolute Gasteiger partial charge is 0.338 e. The molecule has 0 spiro atoms. The first kappa shape index (κ1) is 14.1. The number of H-pyrrole nitrogens is 1. The van der Waals surface area contributed by atoms with E-state index in [0.29, 0.717) is 0 Å². The summed E-state index contributed by atoms with van der Waals surface area (Å²) in [5, 5.41) is 5.73. The Labute approximate surface area is 158 Å². The molecule has 5 aromatic heterocycles. The van der Waals surface area contributed by atoms with Crippen molar-refractivity contribution < 1.29 is 0 Å². The second kappa shape index (κ2) is 4.84. The van der Waals surface area contributed by atoms with Crippen LogP contribution >= 0.6 is 0 Å². The number of para-hydroxylation sites is 1. The smallest absolute Gasteiger partial charge is 0.123 e. The second-order valence-corrected chi connectivity index (χ2v) is 7.11. The fourth-order valence-electron chi connectivity index (χ4n) is 4.51. The summed E-state index contributed by atoms with van der Waals surface area (Å²) in [6.45, 7) is 0. The van der Waals surface area contributed by atoms with Crippen LogP contribution in [0.2, 0.25) is 0 Å². The minimum atomic E-state index is 1.01. The Morgan fingerprint density at radius 3 is 2.50 bits per heavy atom. The first-order valence-corrected chi connectivity index (χ1v) is 9.21. The number of nitrogens with zero attached hydrogens (tertiary/aromatic N) is 4. The molecule has 0 atom stereocenters. The van der Waals surface area contributed by atoms with Crippen molar-refractivity contribution in [2.45, 2.75) is 0 Å². The van der Waals surface area contributed by atoms with Crippen LogP contribution in [0.15, 0.2) is 73.3 Å². The molecule has 0 radical (unpaired) electrons. The lowest BCUT2D eigenvalue weighted by atomic mass is 10.0. The highest BCUT2D eigenvalue weighted by Gasteiger charge is 2.17. The van der Waals surface area contributed by atoms with E-state index in [4.69, 9.17) is 4.98 Å². The van der Waals surface area contributed by atoms with Gasteiger partial charge in [-0.1, -0.05) is 24.3 Å². The molecule has 0 bridgehead atoms. The Bertz CT molecular complexity index is 1720. The van der Waals surface area contributed by atoms with E-state index in [1.165, 1.54) is 10.8 Å². The van der Waals surface area contributed by atoms with Crippen LogP contribution in [-0.4, -0.2) is 24.3 Å². The Hall–Kier alpha value is -3.99. The molecule has 0 saturated heterocycles. The first-order valence-electron chi connectivity index (χ1n) is 9.21. The molecule has 2 aromatic carbocycles. The first-order chi connectivity index (χ1) is 13.9. The summed E-state index contributed by atoms with van der Waals surface area (Å²) in [6.07, 6.45) is 7.49. The molecule has 0 saturated carbocycles. The molecule has 0 amide bonds. The molecule has 5 heterocycles. The Balaban J connectivity index is 1.87. The van der Waals surface area contributed by atoms with Crippen molar-refractivity contribution in [2.24, 2.45) is 0 Å². The quantitative estimate of drug-likeness (QED) is 0.378. The van der Waals surface area contributed by atoms with Gasteiger partial charge in [-0.05, 0) is 24.3 Å². The van der Waals surface area contributed by atoms with Crippen LogP contribution in [0.1, 0.15) is 0 Å². The molecule has 7 aromatic rings. The number of aromatic amines is 1. The molecule has 28 heavy (non-hydrogen) atoms. The SMILES string of the molecule is c1ccc2c(c1)nc1c2ccc2c1c1cnccc1n1c3ccncc3[nH]c21. The van der Waals surface area contributed by atoms with Crippen molar-refractivity contribution in [2.75, 3.05) is 0 Å². The summed E-state index contributed by atoms with van der Waals surface area (Å²) in [5.41, 5.74) is 6.31. The number of nitrogens with one attached hydrogen (secondary N) is 1. The van der Waals surface area contributed by atoms with Crippen molar-refractivity contribution in [1.82, 2.24) is 24.3 Å².